The van der Waals surface area contributed by atoms with Crippen LogP contribution in [-0.4, -0.2) is 12.1 Å². The zero-order chi connectivity index (χ0) is 20.8. The van der Waals surface area contributed by atoms with Crippen LogP contribution in [0.2, 0.25) is 0 Å². The lowest BCUT2D eigenvalue weighted by molar-refractivity contribution is 0.0955. The van der Waals surface area contributed by atoms with Crippen LogP contribution < -0.4 is 10.2 Å². The fourth-order valence-electron chi connectivity index (χ4n) is 3.01. The van der Waals surface area contributed by atoms with E-state index in [-0.39, 0.29) is 5.91 Å². The SMILES string of the molecule is O=C(N/N=C\c1ccc(OCc2ccccc2)c(Br)c1)c1ccc2ccccc2c1. The maximum absolute atomic E-state index is 12.4. The predicted octanol–water partition coefficient (Wildman–Crippen LogP) is 5.95. The van der Waals surface area contributed by atoms with Crippen molar-refractivity contribution in [2.45, 2.75) is 6.61 Å². The molecule has 0 aliphatic carbocycles. The lowest BCUT2D eigenvalue weighted by Gasteiger charge is -2.09. The van der Waals surface area contributed by atoms with E-state index in [1.807, 2.05) is 84.9 Å². The van der Waals surface area contributed by atoms with Crippen LogP contribution in [-0.2, 0) is 6.61 Å². The van der Waals surface area contributed by atoms with Gasteiger partial charge < -0.3 is 4.74 Å². The van der Waals surface area contributed by atoms with Crippen molar-refractivity contribution >= 4 is 38.8 Å². The van der Waals surface area contributed by atoms with Crippen LogP contribution in [0.15, 0.2) is 101 Å². The molecule has 1 N–H and O–H groups in total. The number of carbonyl (C=O) groups excluding carboxylic acids is 1. The summed E-state index contributed by atoms with van der Waals surface area (Å²) in [5.74, 6) is 0.495. The summed E-state index contributed by atoms with van der Waals surface area (Å²) in [6.45, 7) is 0.495. The molecule has 0 heterocycles. The highest BCUT2D eigenvalue weighted by Crippen LogP contribution is 2.26. The molecule has 0 atom stereocenters. The Kier molecular flexibility index (Phi) is 6.20. The van der Waals surface area contributed by atoms with E-state index >= 15 is 0 Å². The second-order valence-electron chi connectivity index (χ2n) is 6.73. The summed E-state index contributed by atoms with van der Waals surface area (Å²) < 4.78 is 6.67. The van der Waals surface area contributed by atoms with Crippen molar-refractivity contribution in [1.82, 2.24) is 5.43 Å². The van der Waals surface area contributed by atoms with Gasteiger partial charge in [-0.05, 0) is 68.2 Å². The van der Waals surface area contributed by atoms with Gasteiger partial charge in [0.05, 0.1) is 10.7 Å². The number of fused-ring (bicyclic) bond motifs is 1. The molecular formula is C25H19BrN2O2. The van der Waals surface area contributed by atoms with E-state index in [1.165, 1.54) is 0 Å². The monoisotopic (exact) mass is 458 g/mol. The molecule has 0 saturated carbocycles. The number of nitrogens with zero attached hydrogens (tertiary/aromatic N) is 1. The molecule has 4 rings (SSSR count). The molecule has 0 radical (unpaired) electrons. The van der Waals surface area contributed by atoms with Gasteiger partial charge in [0.25, 0.3) is 5.91 Å². The Bertz CT molecular complexity index is 1210. The molecule has 0 aromatic heterocycles. The van der Waals surface area contributed by atoms with Crippen molar-refractivity contribution < 1.29 is 9.53 Å². The summed E-state index contributed by atoms with van der Waals surface area (Å²) in [6, 6.07) is 29.1. The fourth-order valence-corrected chi connectivity index (χ4v) is 3.52. The number of carbonyl (C=O) groups is 1. The van der Waals surface area contributed by atoms with Crippen LogP contribution in [0.4, 0.5) is 0 Å². The quantitative estimate of drug-likeness (QED) is 0.286. The van der Waals surface area contributed by atoms with Crippen LogP contribution in [0.3, 0.4) is 0 Å². The Hall–Kier alpha value is -3.44. The van der Waals surface area contributed by atoms with E-state index in [0.717, 1.165) is 32.1 Å². The summed E-state index contributed by atoms with van der Waals surface area (Å²) in [5, 5.41) is 6.19. The van der Waals surface area contributed by atoms with Gasteiger partial charge in [-0.15, -0.1) is 0 Å². The molecule has 0 saturated heterocycles. The first-order chi connectivity index (χ1) is 14.7. The zero-order valence-corrected chi connectivity index (χ0v) is 17.7. The van der Waals surface area contributed by atoms with Gasteiger partial charge in [-0.25, -0.2) is 5.43 Å². The number of nitrogens with one attached hydrogen (secondary N) is 1. The highest BCUT2D eigenvalue weighted by atomic mass is 79.9. The van der Waals surface area contributed by atoms with Gasteiger partial charge in [0, 0.05) is 5.56 Å². The smallest absolute Gasteiger partial charge is 0.271 e. The van der Waals surface area contributed by atoms with Crippen LogP contribution in [0, 0.1) is 0 Å². The second-order valence-corrected chi connectivity index (χ2v) is 7.58. The Morgan fingerprint density at radius 1 is 0.900 bits per heavy atom. The third-order valence-electron chi connectivity index (χ3n) is 4.58. The van der Waals surface area contributed by atoms with Gasteiger partial charge in [0.15, 0.2) is 0 Å². The summed E-state index contributed by atoms with van der Waals surface area (Å²) >= 11 is 3.53. The van der Waals surface area contributed by atoms with Gasteiger partial charge in [-0.2, -0.15) is 5.10 Å². The maximum atomic E-state index is 12.4. The van der Waals surface area contributed by atoms with Gasteiger partial charge in [-0.3, -0.25) is 4.79 Å². The number of halogens is 1. The molecule has 5 heteroatoms. The van der Waals surface area contributed by atoms with Crippen LogP contribution in [0.1, 0.15) is 21.5 Å². The first kappa shape index (κ1) is 19.9. The molecule has 0 aliphatic heterocycles. The highest BCUT2D eigenvalue weighted by molar-refractivity contribution is 9.10. The molecule has 30 heavy (non-hydrogen) atoms. The highest BCUT2D eigenvalue weighted by Gasteiger charge is 2.06. The van der Waals surface area contributed by atoms with Crippen LogP contribution in [0.25, 0.3) is 10.8 Å². The lowest BCUT2D eigenvalue weighted by atomic mass is 10.1. The number of amides is 1. The first-order valence-corrected chi connectivity index (χ1v) is 10.3. The zero-order valence-electron chi connectivity index (χ0n) is 16.1. The minimum atomic E-state index is -0.251. The van der Waals surface area contributed by atoms with E-state index in [0.29, 0.717) is 12.2 Å². The number of ether oxygens (including phenoxy) is 1. The van der Waals surface area contributed by atoms with Crippen molar-refractivity contribution in [3.05, 3.63) is 112 Å². The maximum Gasteiger partial charge on any atom is 0.271 e. The number of hydrazone groups is 1. The van der Waals surface area contributed by atoms with Gasteiger partial charge >= 0.3 is 0 Å². The normalized spacial score (nSPS) is 11.0. The van der Waals surface area contributed by atoms with E-state index in [9.17, 15) is 4.79 Å². The molecule has 148 valence electrons. The van der Waals surface area contributed by atoms with Crippen molar-refractivity contribution in [1.29, 1.82) is 0 Å². The molecular weight excluding hydrogens is 440 g/mol. The first-order valence-electron chi connectivity index (χ1n) is 9.47. The third-order valence-corrected chi connectivity index (χ3v) is 5.20. The van der Waals surface area contributed by atoms with Gasteiger partial charge in [0.1, 0.15) is 12.4 Å². The molecule has 0 bridgehead atoms. The van der Waals surface area contributed by atoms with E-state index < -0.39 is 0 Å². The fraction of sp³-hybridized carbons (Fsp3) is 0.0400. The van der Waals surface area contributed by atoms with E-state index in [4.69, 9.17) is 4.74 Å². The summed E-state index contributed by atoms with van der Waals surface area (Å²) in [5.41, 5.74) is 5.09. The minimum Gasteiger partial charge on any atom is -0.488 e. The summed E-state index contributed by atoms with van der Waals surface area (Å²) in [7, 11) is 0. The second kappa shape index (κ2) is 9.37. The van der Waals surface area contributed by atoms with Crippen molar-refractivity contribution in [3.63, 3.8) is 0 Å². The minimum absolute atomic E-state index is 0.251. The van der Waals surface area contributed by atoms with Gasteiger partial charge in [0.2, 0.25) is 0 Å². The Morgan fingerprint density at radius 2 is 1.67 bits per heavy atom. The lowest BCUT2D eigenvalue weighted by Crippen LogP contribution is -2.17. The standard InChI is InChI=1S/C25H19BrN2O2/c26-23-14-19(10-13-24(23)30-17-18-6-2-1-3-7-18)16-27-28-25(29)22-12-11-20-8-4-5-9-21(20)15-22/h1-16H,17H2,(H,28,29)/b27-16-. The molecule has 4 aromatic rings. The van der Waals surface area contributed by atoms with Crippen LogP contribution in [0.5, 0.6) is 5.75 Å². The Labute approximate surface area is 183 Å². The van der Waals surface area contributed by atoms with E-state index in [1.54, 1.807) is 12.3 Å². The molecule has 4 aromatic carbocycles. The van der Waals surface area contributed by atoms with Gasteiger partial charge in [-0.1, -0.05) is 60.7 Å². The third kappa shape index (κ3) is 4.93. The average molecular weight is 459 g/mol. The molecule has 4 nitrogen and oxygen atoms in total. The van der Waals surface area contributed by atoms with Crippen molar-refractivity contribution in [2.75, 3.05) is 0 Å². The van der Waals surface area contributed by atoms with E-state index in [2.05, 4.69) is 26.5 Å². The number of hydrogen-bond acceptors (Lipinski definition) is 3. The predicted molar refractivity (Wildman–Crippen MR) is 124 cm³/mol. The summed E-state index contributed by atoms with van der Waals surface area (Å²) in [6.07, 6.45) is 1.60. The molecule has 0 fully saturated rings. The molecule has 1 amide bonds. The van der Waals surface area contributed by atoms with Crippen LogP contribution >= 0.6 is 15.9 Å². The number of hydrogen-bond donors (Lipinski definition) is 1. The summed E-state index contributed by atoms with van der Waals surface area (Å²) in [4.78, 5) is 12.4. The number of rotatable bonds is 6. The topological polar surface area (TPSA) is 50.7 Å². The largest absolute Gasteiger partial charge is 0.488 e. The van der Waals surface area contributed by atoms with Crippen molar-refractivity contribution in [2.24, 2.45) is 5.10 Å². The number of benzene rings is 4. The van der Waals surface area contributed by atoms with Crippen molar-refractivity contribution in [3.8, 4) is 5.75 Å². The molecule has 0 aliphatic rings. The molecule has 0 spiro atoms. The molecule has 0 unspecified atom stereocenters. The average Bonchev–Trinajstić information content (AvgIpc) is 2.79. The Morgan fingerprint density at radius 3 is 2.47 bits per heavy atom. The Balaban J connectivity index is 1.37.